The molecule has 5 nitrogen and oxygen atoms in total. The van der Waals surface area contributed by atoms with E-state index < -0.39 is 0 Å². The number of hydrogen-bond acceptors (Lipinski definition) is 4. The number of fused-ring (bicyclic) bond motifs is 1. The molecule has 0 unspecified atom stereocenters. The highest BCUT2D eigenvalue weighted by Crippen LogP contribution is 2.21. The summed E-state index contributed by atoms with van der Waals surface area (Å²) in [5, 5.41) is 10.3. The van der Waals surface area contributed by atoms with Crippen molar-refractivity contribution in [1.29, 1.82) is 5.26 Å². The normalized spacial score (nSPS) is 15.1. The number of benzene rings is 1. The first kappa shape index (κ1) is 18.5. The number of hydrogen-bond donors (Lipinski definition) is 1. The molecule has 0 bridgehead atoms. The highest BCUT2D eigenvalue weighted by Gasteiger charge is 2.19. The third-order valence-corrected chi connectivity index (χ3v) is 5.48. The Balaban J connectivity index is 1.24. The van der Waals surface area contributed by atoms with Crippen LogP contribution in [0.15, 0.2) is 42.7 Å². The maximum absolute atomic E-state index is 13.5. The van der Waals surface area contributed by atoms with Crippen molar-refractivity contribution < 1.29 is 4.39 Å². The van der Waals surface area contributed by atoms with Crippen molar-refractivity contribution in [1.82, 2.24) is 14.9 Å². The van der Waals surface area contributed by atoms with Crippen LogP contribution in [0.5, 0.6) is 0 Å². The lowest BCUT2D eigenvalue weighted by atomic mass is 10.1. The molecule has 4 rings (SSSR count). The molecule has 0 aliphatic carbocycles. The molecule has 0 radical (unpaired) electrons. The molecular formula is C22H24FN5. The zero-order valence-electron chi connectivity index (χ0n) is 15.9. The number of unbranched alkanes of at least 4 members (excludes halogenated alkanes) is 1. The second-order valence-electron chi connectivity index (χ2n) is 7.28. The quantitative estimate of drug-likeness (QED) is 0.665. The smallest absolute Gasteiger partial charge is 0.146 e. The summed E-state index contributed by atoms with van der Waals surface area (Å²) >= 11 is 0. The van der Waals surface area contributed by atoms with E-state index >= 15 is 0 Å². The topological polar surface area (TPSA) is 59.0 Å². The van der Waals surface area contributed by atoms with E-state index in [1.54, 1.807) is 24.4 Å². The van der Waals surface area contributed by atoms with E-state index in [-0.39, 0.29) is 5.82 Å². The molecule has 1 aliphatic rings. The second kappa shape index (κ2) is 8.41. The molecule has 0 spiro atoms. The fourth-order valence-electron chi connectivity index (χ4n) is 3.93. The minimum absolute atomic E-state index is 0.182. The number of piperazine rings is 1. The summed E-state index contributed by atoms with van der Waals surface area (Å²) < 4.78 is 13.5. The number of halogens is 1. The molecule has 0 atom stereocenters. The van der Waals surface area contributed by atoms with Crippen molar-refractivity contribution in [3.63, 3.8) is 0 Å². The van der Waals surface area contributed by atoms with E-state index in [1.165, 1.54) is 11.6 Å². The van der Waals surface area contributed by atoms with Gasteiger partial charge in [-0.3, -0.25) is 4.90 Å². The molecule has 0 amide bonds. The Hall–Kier alpha value is -2.91. The van der Waals surface area contributed by atoms with Gasteiger partial charge in [-0.05, 0) is 61.7 Å². The van der Waals surface area contributed by atoms with Crippen LogP contribution >= 0.6 is 0 Å². The van der Waals surface area contributed by atoms with E-state index in [9.17, 15) is 9.65 Å². The third kappa shape index (κ3) is 4.00. The highest BCUT2D eigenvalue weighted by molar-refractivity contribution is 5.83. The Labute approximate surface area is 164 Å². The van der Waals surface area contributed by atoms with Gasteiger partial charge in [-0.2, -0.15) is 5.26 Å². The largest absolute Gasteiger partial charge is 0.361 e. The fraction of sp³-hybridized carbons (Fsp3) is 0.364. The number of anilines is 1. The van der Waals surface area contributed by atoms with Crippen LogP contribution in [0.1, 0.15) is 24.0 Å². The molecule has 28 heavy (non-hydrogen) atoms. The van der Waals surface area contributed by atoms with Crippen LogP contribution in [0.4, 0.5) is 10.2 Å². The highest BCUT2D eigenvalue weighted by atomic mass is 19.1. The minimum atomic E-state index is -0.182. The third-order valence-electron chi connectivity index (χ3n) is 5.48. The number of nitriles is 1. The van der Waals surface area contributed by atoms with E-state index in [0.717, 1.165) is 68.7 Å². The Bertz CT molecular complexity index is 982. The van der Waals surface area contributed by atoms with Gasteiger partial charge >= 0.3 is 0 Å². The van der Waals surface area contributed by atoms with Gasteiger partial charge in [0.2, 0.25) is 0 Å². The van der Waals surface area contributed by atoms with Crippen molar-refractivity contribution in [3.05, 3.63) is 59.7 Å². The Morgan fingerprint density at radius 1 is 1.14 bits per heavy atom. The molecule has 3 heterocycles. The van der Waals surface area contributed by atoms with Crippen LogP contribution in [0, 0.1) is 17.1 Å². The van der Waals surface area contributed by atoms with E-state index in [2.05, 4.69) is 25.8 Å². The average Bonchev–Trinajstić information content (AvgIpc) is 3.13. The van der Waals surface area contributed by atoms with Crippen LogP contribution in [-0.2, 0) is 6.42 Å². The lowest BCUT2D eigenvalue weighted by Gasteiger charge is -2.35. The minimum Gasteiger partial charge on any atom is -0.361 e. The summed E-state index contributed by atoms with van der Waals surface area (Å²) in [5.74, 6) is 0.620. The van der Waals surface area contributed by atoms with Crippen molar-refractivity contribution in [2.24, 2.45) is 0 Å². The van der Waals surface area contributed by atoms with Gasteiger partial charge in [0, 0.05) is 49.5 Å². The number of nitrogens with one attached hydrogen (secondary N) is 1. The molecule has 1 aromatic carbocycles. The number of rotatable bonds is 6. The van der Waals surface area contributed by atoms with Crippen molar-refractivity contribution in [3.8, 4) is 6.07 Å². The zero-order valence-corrected chi connectivity index (χ0v) is 15.9. The monoisotopic (exact) mass is 377 g/mol. The lowest BCUT2D eigenvalue weighted by molar-refractivity contribution is 0.252. The molecule has 6 heteroatoms. The first-order chi connectivity index (χ1) is 13.7. The summed E-state index contributed by atoms with van der Waals surface area (Å²) in [4.78, 5) is 12.3. The van der Waals surface area contributed by atoms with Crippen molar-refractivity contribution >= 4 is 16.7 Å². The van der Waals surface area contributed by atoms with Crippen LogP contribution in [0.3, 0.4) is 0 Å². The number of aryl methyl sites for hydroxylation is 1. The zero-order chi connectivity index (χ0) is 19.3. The van der Waals surface area contributed by atoms with E-state index in [1.807, 2.05) is 12.3 Å². The maximum atomic E-state index is 13.5. The Morgan fingerprint density at radius 2 is 2.00 bits per heavy atom. The lowest BCUT2D eigenvalue weighted by Crippen LogP contribution is -2.47. The molecule has 3 aromatic rings. The molecule has 1 fully saturated rings. The number of nitrogens with zero attached hydrogens (tertiary/aromatic N) is 4. The van der Waals surface area contributed by atoms with Crippen LogP contribution in [-0.4, -0.2) is 47.6 Å². The van der Waals surface area contributed by atoms with Gasteiger partial charge in [0.15, 0.2) is 0 Å². The van der Waals surface area contributed by atoms with Crippen molar-refractivity contribution in [2.45, 2.75) is 19.3 Å². The summed E-state index contributed by atoms with van der Waals surface area (Å²) in [5.41, 5.74) is 2.84. The first-order valence-corrected chi connectivity index (χ1v) is 9.82. The van der Waals surface area contributed by atoms with E-state index in [4.69, 9.17) is 0 Å². The molecule has 1 N–H and O–H groups in total. The first-order valence-electron chi connectivity index (χ1n) is 9.82. The molecule has 1 aliphatic heterocycles. The molecule has 0 saturated carbocycles. The molecule has 144 valence electrons. The van der Waals surface area contributed by atoms with Crippen molar-refractivity contribution in [2.75, 3.05) is 37.6 Å². The summed E-state index contributed by atoms with van der Waals surface area (Å²) in [6.07, 6.45) is 6.92. The Morgan fingerprint density at radius 3 is 2.82 bits per heavy atom. The van der Waals surface area contributed by atoms with Gasteiger partial charge in [-0.1, -0.05) is 0 Å². The standard InChI is InChI=1S/C22H24FN5/c23-19-6-7-21-20(14-19)18(16-26-21)4-1-2-9-27-10-12-28(13-11-27)22-17(15-24)5-3-8-25-22/h3,5-8,14,16,26H,1-2,4,9-13H2. The summed E-state index contributed by atoms with van der Waals surface area (Å²) in [6, 6.07) is 10.8. The van der Waals surface area contributed by atoms with Gasteiger partial charge in [0.05, 0.1) is 5.56 Å². The van der Waals surface area contributed by atoms with Gasteiger partial charge in [-0.15, -0.1) is 0 Å². The average molecular weight is 377 g/mol. The van der Waals surface area contributed by atoms with Crippen LogP contribution in [0.25, 0.3) is 10.9 Å². The van der Waals surface area contributed by atoms with Gasteiger partial charge in [-0.25, -0.2) is 9.37 Å². The van der Waals surface area contributed by atoms with Gasteiger partial charge < -0.3 is 9.88 Å². The number of aromatic nitrogens is 2. The summed E-state index contributed by atoms with van der Waals surface area (Å²) in [7, 11) is 0. The molecule has 1 saturated heterocycles. The maximum Gasteiger partial charge on any atom is 0.146 e. The SMILES string of the molecule is N#Cc1cccnc1N1CCN(CCCCc2c[nH]c3ccc(F)cc23)CC1. The fourth-order valence-corrected chi connectivity index (χ4v) is 3.93. The predicted octanol–water partition coefficient (Wildman–Crippen LogP) is 3.72. The molecular weight excluding hydrogens is 353 g/mol. The number of pyridine rings is 1. The molecule has 2 aromatic heterocycles. The van der Waals surface area contributed by atoms with Crippen LogP contribution in [0.2, 0.25) is 0 Å². The number of H-pyrrole nitrogens is 1. The predicted molar refractivity (Wildman–Crippen MR) is 109 cm³/mol. The van der Waals surface area contributed by atoms with Gasteiger partial charge in [0.25, 0.3) is 0 Å². The Kier molecular flexibility index (Phi) is 5.54. The summed E-state index contributed by atoms with van der Waals surface area (Å²) in [6.45, 7) is 4.83. The van der Waals surface area contributed by atoms with Crippen LogP contribution < -0.4 is 4.90 Å². The van der Waals surface area contributed by atoms with E-state index in [0.29, 0.717) is 5.56 Å². The number of aromatic amines is 1. The second-order valence-corrected chi connectivity index (χ2v) is 7.28. The van der Waals surface area contributed by atoms with Gasteiger partial charge in [0.1, 0.15) is 17.7 Å².